The zero-order chi connectivity index (χ0) is 12.7. The predicted octanol–water partition coefficient (Wildman–Crippen LogP) is -0.421. The predicted molar refractivity (Wildman–Crippen MR) is 60.3 cm³/mol. The second-order valence-corrected chi connectivity index (χ2v) is 7.55. The quantitative estimate of drug-likeness (QED) is 0.641. The summed E-state index contributed by atoms with van der Waals surface area (Å²) < 4.78 is 53.3. The maximum Gasteiger partial charge on any atom is 0.297 e. The van der Waals surface area contributed by atoms with Gasteiger partial charge in [0.1, 0.15) is 15.3 Å². The highest BCUT2D eigenvalue weighted by molar-refractivity contribution is 7.91. The van der Waals surface area contributed by atoms with Crippen LogP contribution in [0.1, 0.15) is 10.9 Å². The van der Waals surface area contributed by atoms with Crippen LogP contribution in [0.5, 0.6) is 0 Å². The van der Waals surface area contributed by atoms with Crippen molar-refractivity contribution in [1.29, 1.82) is 0 Å². The van der Waals surface area contributed by atoms with Gasteiger partial charge in [-0.15, -0.1) is 11.3 Å². The molecule has 1 atom stereocenters. The van der Waals surface area contributed by atoms with E-state index >= 15 is 0 Å². The molecule has 0 aliphatic carbocycles. The molecule has 0 fully saturated rings. The lowest BCUT2D eigenvalue weighted by atomic mass is 10.3. The van der Waals surface area contributed by atoms with Crippen LogP contribution in [-0.4, -0.2) is 27.6 Å². The molecule has 0 aliphatic rings. The number of anilines is 1. The van der Waals surface area contributed by atoms with E-state index in [4.69, 9.17) is 16.0 Å². The first-order chi connectivity index (χ1) is 7.05. The van der Waals surface area contributed by atoms with Gasteiger partial charge < -0.3 is 11.5 Å². The minimum atomic E-state index is -4.59. The highest BCUT2D eigenvalue weighted by atomic mass is 32.2. The summed E-state index contributed by atoms with van der Waals surface area (Å²) in [5.74, 6) is 0. The number of nitrogen functional groups attached to an aromatic ring is 1. The first-order valence-corrected chi connectivity index (χ1v) is 8.11. The van der Waals surface area contributed by atoms with E-state index < -0.39 is 30.2 Å². The van der Waals surface area contributed by atoms with Crippen LogP contribution in [0.4, 0.5) is 5.00 Å². The van der Waals surface area contributed by atoms with E-state index in [1.165, 1.54) is 5.38 Å². The average molecular weight is 286 g/mol. The molecule has 10 heteroatoms. The molecule has 7 nitrogen and oxygen atoms in total. The van der Waals surface area contributed by atoms with Crippen LogP contribution in [0, 0.1) is 0 Å². The summed E-state index contributed by atoms with van der Waals surface area (Å²) in [6.07, 6.45) is 0.860. The van der Waals surface area contributed by atoms with E-state index in [-0.39, 0.29) is 10.6 Å². The molecule has 0 saturated carbocycles. The van der Waals surface area contributed by atoms with Crippen molar-refractivity contribution in [1.82, 2.24) is 0 Å². The van der Waals surface area contributed by atoms with Crippen molar-refractivity contribution in [2.75, 3.05) is 12.0 Å². The summed E-state index contributed by atoms with van der Waals surface area (Å²) >= 11 is 0.797. The van der Waals surface area contributed by atoms with Crippen LogP contribution in [-0.2, 0) is 20.0 Å². The maximum atomic E-state index is 11.2. The van der Waals surface area contributed by atoms with Crippen molar-refractivity contribution < 1.29 is 21.4 Å². The summed E-state index contributed by atoms with van der Waals surface area (Å²) in [6, 6.07) is 0. The van der Waals surface area contributed by atoms with Gasteiger partial charge in [-0.05, 0) is 0 Å². The van der Waals surface area contributed by atoms with E-state index in [1.807, 2.05) is 0 Å². The standard InChI is InChI=1S/C6H10N2O5S3/c1-15(9,10)6(8)3-2-14-5(7)4(3)16(11,12)13/h2,6H,7-8H2,1H3,(H,11,12,13). The molecule has 1 rings (SSSR count). The molecule has 1 unspecified atom stereocenters. The highest BCUT2D eigenvalue weighted by Gasteiger charge is 2.29. The third kappa shape index (κ3) is 2.52. The smallest absolute Gasteiger partial charge is 0.297 e. The Labute approximate surface area is 96.7 Å². The van der Waals surface area contributed by atoms with Crippen LogP contribution in [0.3, 0.4) is 0 Å². The van der Waals surface area contributed by atoms with Gasteiger partial charge in [0.15, 0.2) is 9.84 Å². The zero-order valence-electron chi connectivity index (χ0n) is 8.11. The second kappa shape index (κ2) is 3.96. The number of sulfone groups is 1. The lowest BCUT2D eigenvalue weighted by molar-refractivity contribution is 0.483. The van der Waals surface area contributed by atoms with E-state index in [1.54, 1.807) is 0 Å². The average Bonchev–Trinajstić information content (AvgIpc) is 2.42. The molecule has 1 aromatic heterocycles. The fourth-order valence-corrected chi connectivity index (χ4v) is 3.90. The van der Waals surface area contributed by atoms with Gasteiger partial charge in [0, 0.05) is 17.2 Å². The van der Waals surface area contributed by atoms with Gasteiger partial charge in [-0.1, -0.05) is 0 Å². The first kappa shape index (κ1) is 13.4. The van der Waals surface area contributed by atoms with Crippen molar-refractivity contribution >= 4 is 36.3 Å². The molecule has 0 aliphatic heterocycles. The molecule has 5 N–H and O–H groups in total. The molecule has 0 bridgehead atoms. The van der Waals surface area contributed by atoms with Crippen LogP contribution in [0.25, 0.3) is 0 Å². The molecule has 0 saturated heterocycles. The third-order valence-electron chi connectivity index (χ3n) is 1.82. The summed E-state index contributed by atoms with van der Waals surface area (Å²) in [5, 5.41) is -0.529. The first-order valence-electron chi connectivity index (χ1n) is 3.84. The van der Waals surface area contributed by atoms with Crippen molar-refractivity contribution in [2.24, 2.45) is 5.73 Å². The number of hydrogen-bond donors (Lipinski definition) is 3. The summed E-state index contributed by atoms with van der Waals surface area (Å²) in [4.78, 5) is -0.629. The molecule has 0 radical (unpaired) electrons. The molecule has 92 valence electrons. The van der Waals surface area contributed by atoms with Crippen LogP contribution < -0.4 is 11.5 Å². The van der Waals surface area contributed by atoms with Crippen LogP contribution in [0.15, 0.2) is 10.3 Å². The van der Waals surface area contributed by atoms with Crippen LogP contribution in [0.2, 0.25) is 0 Å². The Morgan fingerprint density at radius 1 is 1.38 bits per heavy atom. The fourth-order valence-electron chi connectivity index (χ4n) is 1.08. The molecular formula is C6H10N2O5S3. The summed E-state index contributed by atoms with van der Waals surface area (Å²) in [7, 11) is -8.26. The normalized spacial score (nSPS) is 14.9. The second-order valence-electron chi connectivity index (χ2n) is 3.11. The lowest BCUT2D eigenvalue weighted by Gasteiger charge is -2.09. The van der Waals surface area contributed by atoms with Gasteiger partial charge in [-0.25, -0.2) is 8.42 Å². The molecule has 16 heavy (non-hydrogen) atoms. The monoisotopic (exact) mass is 286 g/mol. The number of hydrogen-bond acceptors (Lipinski definition) is 7. The van der Waals surface area contributed by atoms with E-state index in [0.717, 1.165) is 17.6 Å². The van der Waals surface area contributed by atoms with Gasteiger partial charge in [0.05, 0.1) is 0 Å². The Hall–Kier alpha value is -0.680. The minimum Gasteiger partial charge on any atom is -0.389 e. The topological polar surface area (TPSA) is 141 Å². The van der Waals surface area contributed by atoms with Gasteiger partial charge in [-0.2, -0.15) is 8.42 Å². The lowest BCUT2D eigenvalue weighted by Crippen LogP contribution is -2.22. The van der Waals surface area contributed by atoms with E-state index in [2.05, 4.69) is 0 Å². The SMILES string of the molecule is CS(=O)(=O)C(N)c1csc(N)c1S(=O)(=O)O. The summed E-state index contributed by atoms with van der Waals surface area (Å²) in [5.41, 5.74) is 10.5. The Morgan fingerprint density at radius 2 is 1.88 bits per heavy atom. The Kier molecular flexibility index (Phi) is 3.32. The number of thiophene rings is 1. The van der Waals surface area contributed by atoms with E-state index in [0.29, 0.717) is 0 Å². The maximum absolute atomic E-state index is 11.2. The number of nitrogens with two attached hydrogens (primary N) is 2. The van der Waals surface area contributed by atoms with Crippen molar-refractivity contribution in [2.45, 2.75) is 10.3 Å². The third-order valence-corrected chi connectivity index (χ3v) is 4.93. The Morgan fingerprint density at radius 3 is 2.25 bits per heavy atom. The number of rotatable bonds is 3. The van der Waals surface area contributed by atoms with E-state index in [9.17, 15) is 16.8 Å². The Balaban J connectivity index is 3.50. The van der Waals surface area contributed by atoms with Gasteiger partial charge in [0.2, 0.25) is 0 Å². The molecular weight excluding hydrogens is 276 g/mol. The zero-order valence-corrected chi connectivity index (χ0v) is 10.6. The van der Waals surface area contributed by atoms with Crippen molar-refractivity contribution in [3.05, 3.63) is 10.9 Å². The van der Waals surface area contributed by atoms with Crippen molar-refractivity contribution in [3.63, 3.8) is 0 Å². The highest BCUT2D eigenvalue weighted by Crippen LogP contribution is 2.34. The molecule has 0 amide bonds. The molecule has 0 aromatic carbocycles. The van der Waals surface area contributed by atoms with Gasteiger partial charge >= 0.3 is 0 Å². The molecule has 1 aromatic rings. The molecule has 1 heterocycles. The minimum absolute atomic E-state index is 0.198. The molecule has 0 spiro atoms. The van der Waals surface area contributed by atoms with Crippen LogP contribution >= 0.6 is 11.3 Å². The summed E-state index contributed by atoms with van der Waals surface area (Å²) in [6.45, 7) is 0. The Bertz CT molecular complexity index is 600. The van der Waals surface area contributed by atoms with Gasteiger partial charge in [0.25, 0.3) is 10.1 Å². The fraction of sp³-hybridized carbons (Fsp3) is 0.333. The van der Waals surface area contributed by atoms with Crippen molar-refractivity contribution in [3.8, 4) is 0 Å². The largest absolute Gasteiger partial charge is 0.389 e. The van der Waals surface area contributed by atoms with Gasteiger partial charge in [-0.3, -0.25) is 4.55 Å².